The summed E-state index contributed by atoms with van der Waals surface area (Å²) in [4.78, 5) is 23.8. The summed E-state index contributed by atoms with van der Waals surface area (Å²) in [5, 5.41) is 9.99. The number of hydrogen-bond donors (Lipinski definition) is 1. The molecule has 0 saturated carbocycles. The van der Waals surface area contributed by atoms with Crippen molar-refractivity contribution in [3.05, 3.63) is 70.8 Å². The van der Waals surface area contributed by atoms with Crippen molar-refractivity contribution in [2.24, 2.45) is 0 Å². The third-order valence-corrected chi connectivity index (χ3v) is 5.22. The van der Waals surface area contributed by atoms with Crippen molar-refractivity contribution in [3.63, 3.8) is 0 Å². The molecule has 0 radical (unpaired) electrons. The quantitative estimate of drug-likeness (QED) is 0.833. The number of hydrogen-bond acceptors (Lipinski definition) is 3. The van der Waals surface area contributed by atoms with Crippen molar-refractivity contribution in [1.29, 1.82) is 0 Å². The standard InChI is InChI=1S/C21H22O4/c1-3-12-21(20(23)24)13-17(16-6-4-5-7-18(16)21)14-8-10-15(11-9-14)19(22)25-2/h4-11,17H,3,12-13H2,1-2H3,(H,23,24). The molecule has 3 rings (SSSR count). The van der Waals surface area contributed by atoms with E-state index in [1.54, 1.807) is 12.1 Å². The van der Waals surface area contributed by atoms with E-state index >= 15 is 0 Å². The average molecular weight is 338 g/mol. The molecule has 2 atom stereocenters. The number of carboxylic acid groups (broad SMARTS) is 1. The summed E-state index contributed by atoms with van der Waals surface area (Å²) < 4.78 is 4.74. The molecule has 2 unspecified atom stereocenters. The smallest absolute Gasteiger partial charge is 0.337 e. The second-order valence-corrected chi connectivity index (χ2v) is 6.59. The van der Waals surface area contributed by atoms with Crippen LogP contribution in [0.15, 0.2) is 48.5 Å². The third-order valence-electron chi connectivity index (χ3n) is 5.22. The van der Waals surface area contributed by atoms with E-state index in [0.717, 1.165) is 23.1 Å². The van der Waals surface area contributed by atoms with Crippen LogP contribution in [0.1, 0.15) is 59.2 Å². The zero-order valence-electron chi connectivity index (χ0n) is 14.5. The third kappa shape index (κ3) is 2.82. The number of carbonyl (C=O) groups is 2. The molecule has 25 heavy (non-hydrogen) atoms. The van der Waals surface area contributed by atoms with Crippen molar-refractivity contribution in [2.45, 2.75) is 37.5 Å². The normalized spacial score (nSPS) is 21.6. The number of fused-ring (bicyclic) bond motifs is 1. The van der Waals surface area contributed by atoms with Gasteiger partial charge in [0.15, 0.2) is 0 Å². The number of methoxy groups -OCH3 is 1. The van der Waals surface area contributed by atoms with Gasteiger partial charge >= 0.3 is 11.9 Å². The number of aliphatic carboxylic acids is 1. The first-order valence-corrected chi connectivity index (χ1v) is 8.54. The molecule has 0 amide bonds. The Balaban J connectivity index is 2.04. The van der Waals surface area contributed by atoms with Crippen LogP contribution in [0.4, 0.5) is 0 Å². The number of carbonyl (C=O) groups excluding carboxylic acids is 1. The largest absolute Gasteiger partial charge is 0.481 e. The summed E-state index contributed by atoms with van der Waals surface area (Å²) >= 11 is 0. The summed E-state index contributed by atoms with van der Waals surface area (Å²) in [5.41, 5.74) is 2.68. The van der Waals surface area contributed by atoms with Crippen molar-refractivity contribution in [1.82, 2.24) is 0 Å². The number of benzene rings is 2. The van der Waals surface area contributed by atoms with Crippen LogP contribution in [-0.2, 0) is 14.9 Å². The lowest BCUT2D eigenvalue weighted by molar-refractivity contribution is -0.144. The Labute approximate surface area is 147 Å². The molecular formula is C21H22O4. The van der Waals surface area contributed by atoms with Gasteiger partial charge < -0.3 is 9.84 Å². The highest BCUT2D eigenvalue weighted by Gasteiger charge is 2.48. The lowest BCUT2D eigenvalue weighted by Gasteiger charge is -2.25. The zero-order valence-corrected chi connectivity index (χ0v) is 14.5. The Morgan fingerprint density at radius 2 is 1.84 bits per heavy atom. The molecule has 0 fully saturated rings. The molecule has 2 aromatic rings. The maximum atomic E-state index is 12.2. The SMILES string of the molecule is CCCC1(C(=O)O)CC(c2ccc(C(=O)OC)cc2)c2ccccc21. The minimum Gasteiger partial charge on any atom is -0.481 e. The molecule has 0 spiro atoms. The van der Waals surface area contributed by atoms with E-state index in [-0.39, 0.29) is 11.9 Å². The Bertz CT molecular complexity index is 794. The van der Waals surface area contributed by atoms with Crippen LogP contribution >= 0.6 is 0 Å². The number of rotatable bonds is 5. The average Bonchev–Trinajstić information content (AvgIpc) is 2.98. The van der Waals surface area contributed by atoms with Crippen LogP contribution < -0.4 is 0 Å². The monoisotopic (exact) mass is 338 g/mol. The fraction of sp³-hybridized carbons (Fsp3) is 0.333. The molecule has 0 bridgehead atoms. The lowest BCUT2D eigenvalue weighted by Crippen LogP contribution is -2.33. The van der Waals surface area contributed by atoms with Crippen molar-refractivity contribution in [3.8, 4) is 0 Å². The predicted molar refractivity (Wildman–Crippen MR) is 94.9 cm³/mol. The van der Waals surface area contributed by atoms with Crippen LogP contribution in [0.2, 0.25) is 0 Å². The number of carboxylic acids is 1. The van der Waals surface area contributed by atoms with Gasteiger partial charge in [0, 0.05) is 5.92 Å². The number of ether oxygens (including phenoxy) is 1. The first-order valence-electron chi connectivity index (χ1n) is 8.54. The fourth-order valence-corrected chi connectivity index (χ4v) is 4.04. The van der Waals surface area contributed by atoms with Crippen LogP contribution in [-0.4, -0.2) is 24.2 Å². The van der Waals surface area contributed by atoms with E-state index in [4.69, 9.17) is 4.74 Å². The molecule has 130 valence electrons. The van der Waals surface area contributed by atoms with E-state index in [1.165, 1.54) is 7.11 Å². The van der Waals surface area contributed by atoms with Gasteiger partial charge in [-0.2, -0.15) is 0 Å². The van der Waals surface area contributed by atoms with Gasteiger partial charge in [0.2, 0.25) is 0 Å². The summed E-state index contributed by atoms with van der Waals surface area (Å²) in [5.74, 6) is -1.11. The van der Waals surface area contributed by atoms with Gasteiger partial charge in [-0.1, -0.05) is 49.7 Å². The first kappa shape index (κ1) is 17.2. The topological polar surface area (TPSA) is 63.6 Å². The van der Waals surface area contributed by atoms with Gasteiger partial charge in [-0.25, -0.2) is 4.79 Å². The molecule has 1 N–H and O–H groups in total. The highest BCUT2D eigenvalue weighted by molar-refractivity contribution is 5.89. The van der Waals surface area contributed by atoms with Gasteiger partial charge in [-0.3, -0.25) is 4.79 Å². The zero-order chi connectivity index (χ0) is 18.0. The van der Waals surface area contributed by atoms with E-state index in [1.807, 2.05) is 43.3 Å². The van der Waals surface area contributed by atoms with E-state index in [9.17, 15) is 14.7 Å². The van der Waals surface area contributed by atoms with Gasteiger partial charge in [-0.05, 0) is 41.7 Å². The first-order chi connectivity index (χ1) is 12.0. The van der Waals surface area contributed by atoms with E-state index in [2.05, 4.69) is 0 Å². The van der Waals surface area contributed by atoms with Gasteiger partial charge in [0.1, 0.15) is 0 Å². The fourth-order valence-electron chi connectivity index (χ4n) is 4.04. The van der Waals surface area contributed by atoms with Crippen LogP contribution in [0.5, 0.6) is 0 Å². The molecule has 0 heterocycles. The molecule has 0 aliphatic heterocycles. The van der Waals surface area contributed by atoms with Gasteiger partial charge in [0.25, 0.3) is 0 Å². The highest BCUT2D eigenvalue weighted by Crippen LogP contribution is 2.51. The maximum Gasteiger partial charge on any atom is 0.337 e. The second kappa shape index (κ2) is 6.71. The van der Waals surface area contributed by atoms with Crippen molar-refractivity contribution < 1.29 is 19.4 Å². The molecule has 1 aliphatic rings. The Morgan fingerprint density at radius 1 is 1.16 bits per heavy atom. The van der Waals surface area contributed by atoms with Crippen LogP contribution in [0.25, 0.3) is 0 Å². The highest BCUT2D eigenvalue weighted by atomic mass is 16.5. The van der Waals surface area contributed by atoms with Gasteiger partial charge in [-0.15, -0.1) is 0 Å². The van der Waals surface area contributed by atoms with Crippen LogP contribution in [0.3, 0.4) is 0 Å². The summed E-state index contributed by atoms with van der Waals surface area (Å²) in [7, 11) is 1.36. The number of esters is 1. The summed E-state index contributed by atoms with van der Waals surface area (Å²) in [6.07, 6.45) is 1.98. The minimum atomic E-state index is -0.836. The van der Waals surface area contributed by atoms with Gasteiger partial charge in [0.05, 0.1) is 18.1 Å². The van der Waals surface area contributed by atoms with E-state index < -0.39 is 11.4 Å². The molecule has 4 nitrogen and oxygen atoms in total. The molecule has 4 heteroatoms. The Kier molecular flexibility index (Phi) is 4.62. The lowest BCUT2D eigenvalue weighted by atomic mass is 9.77. The molecule has 1 aliphatic carbocycles. The second-order valence-electron chi connectivity index (χ2n) is 6.59. The summed E-state index contributed by atoms with van der Waals surface area (Å²) in [6.45, 7) is 2.02. The molecule has 2 aromatic carbocycles. The van der Waals surface area contributed by atoms with Crippen LogP contribution in [0, 0.1) is 0 Å². The van der Waals surface area contributed by atoms with Crippen molar-refractivity contribution >= 4 is 11.9 Å². The van der Waals surface area contributed by atoms with E-state index in [0.29, 0.717) is 18.4 Å². The minimum absolute atomic E-state index is 0.0190. The molecule has 0 aromatic heterocycles. The summed E-state index contributed by atoms with van der Waals surface area (Å²) in [6, 6.07) is 15.1. The Morgan fingerprint density at radius 3 is 2.44 bits per heavy atom. The Hall–Kier alpha value is -2.62. The molecular weight excluding hydrogens is 316 g/mol. The molecule has 0 saturated heterocycles. The predicted octanol–water partition coefficient (Wildman–Crippen LogP) is 4.13. The van der Waals surface area contributed by atoms with Crippen molar-refractivity contribution in [2.75, 3.05) is 7.11 Å². The maximum absolute atomic E-state index is 12.2.